The molecule has 1 amide bonds. The highest BCUT2D eigenvalue weighted by atomic mass is 35.5. The Hall–Kier alpha value is -2.71. The first-order valence-corrected chi connectivity index (χ1v) is 14.0. The molecular formula is C22H27ClN4O7S2. The summed E-state index contributed by atoms with van der Waals surface area (Å²) in [5.74, 6) is -0.853. The highest BCUT2D eigenvalue weighted by Gasteiger charge is 2.39. The number of ether oxygens (including phenoxy) is 2. The maximum atomic E-state index is 13.3. The van der Waals surface area contributed by atoms with Crippen molar-refractivity contribution >= 4 is 54.8 Å². The van der Waals surface area contributed by atoms with Crippen molar-refractivity contribution in [3.63, 3.8) is 0 Å². The number of methoxy groups -OCH3 is 2. The van der Waals surface area contributed by atoms with E-state index in [1.54, 1.807) is 12.1 Å². The Morgan fingerprint density at radius 3 is 2.53 bits per heavy atom. The van der Waals surface area contributed by atoms with Crippen molar-refractivity contribution in [1.29, 1.82) is 0 Å². The van der Waals surface area contributed by atoms with Gasteiger partial charge >= 0.3 is 0 Å². The number of hydrogen-bond acceptors (Lipinski definition) is 8. The molecule has 0 bridgehead atoms. The number of amides is 1. The number of rotatable bonds is 10. The number of fused-ring (bicyclic) bond motifs is 1. The van der Waals surface area contributed by atoms with E-state index in [4.69, 9.17) is 21.1 Å². The lowest BCUT2D eigenvalue weighted by Gasteiger charge is -2.31. The van der Waals surface area contributed by atoms with Crippen molar-refractivity contribution < 1.29 is 31.1 Å². The van der Waals surface area contributed by atoms with Gasteiger partial charge in [0.15, 0.2) is 5.38 Å². The molecule has 3 rings (SSSR count). The summed E-state index contributed by atoms with van der Waals surface area (Å²) in [6.45, 7) is 0.291. The minimum absolute atomic E-state index is 0.000252. The van der Waals surface area contributed by atoms with E-state index >= 15 is 0 Å². The summed E-state index contributed by atoms with van der Waals surface area (Å²) in [6, 6.07) is 10.1. The Labute approximate surface area is 215 Å². The van der Waals surface area contributed by atoms with Crippen LogP contribution in [0.25, 0.3) is 0 Å². The van der Waals surface area contributed by atoms with E-state index < -0.39 is 31.3 Å². The molecule has 36 heavy (non-hydrogen) atoms. The second-order valence-corrected chi connectivity index (χ2v) is 12.3. The summed E-state index contributed by atoms with van der Waals surface area (Å²) < 4.78 is 63.8. The standard InChI is InChI=1S/C22H27ClN4O7S2/c1-26(2)35(29,30)15-10-11-16(18(14-15)34-4)25-22(28)20(23)21-24-17-8-5-6-9-19(17)36(31,32)27(21)12-7-13-33-3/h5-6,8-11,14,20H,7,12-13H2,1-4H3,(H,25,28). The number of benzene rings is 2. The minimum Gasteiger partial charge on any atom is -0.495 e. The zero-order valence-electron chi connectivity index (χ0n) is 20.1. The zero-order valence-corrected chi connectivity index (χ0v) is 22.5. The van der Waals surface area contributed by atoms with Gasteiger partial charge in [-0.15, -0.1) is 11.6 Å². The molecule has 0 fully saturated rings. The van der Waals surface area contributed by atoms with Gasteiger partial charge in [-0.3, -0.25) is 9.10 Å². The molecule has 0 saturated heterocycles. The van der Waals surface area contributed by atoms with Crippen molar-refractivity contribution in [1.82, 2.24) is 8.61 Å². The molecule has 14 heteroatoms. The Kier molecular flexibility index (Phi) is 8.62. The predicted octanol–water partition coefficient (Wildman–Crippen LogP) is 2.26. The van der Waals surface area contributed by atoms with E-state index in [0.717, 1.165) is 8.61 Å². The SMILES string of the molecule is COCCCN1C(C(Cl)C(=O)Nc2ccc(S(=O)(=O)N(C)C)cc2OC)=Nc2ccccc2S1(=O)=O. The number of carbonyl (C=O) groups is 1. The van der Waals surface area contributed by atoms with Crippen LogP contribution in [0.1, 0.15) is 6.42 Å². The third kappa shape index (κ3) is 5.49. The Bertz CT molecular complexity index is 1380. The van der Waals surface area contributed by atoms with Crippen LogP contribution in [-0.2, 0) is 29.6 Å². The fraction of sp³-hybridized carbons (Fsp3) is 0.364. The molecule has 1 aliphatic rings. The summed E-state index contributed by atoms with van der Waals surface area (Å²) >= 11 is 6.48. The normalized spacial score (nSPS) is 15.7. The lowest BCUT2D eigenvalue weighted by Crippen LogP contribution is -2.47. The van der Waals surface area contributed by atoms with Crippen LogP contribution >= 0.6 is 11.6 Å². The van der Waals surface area contributed by atoms with Crippen LogP contribution in [-0.4, -0.2) is 84.0 Å². The molecule has 2 aromatic carbocycles. The minimum atomic E-state index is -4.02. The van der Waals surface area contributed by atoms with Crippen molar-refractivity contribution in [3.8, 4) is 5.75 Å². The molecule has 0 aromatic heterocycles. The third-order valence-electron chi connectivity index (χ3n) is 5.30. The van der Waals surface area contributed by atoms with Crippen LogP contribution in [0.4, 0.5) is 11.4 Å². The van der Waals surface area contributed by atoms with Gasteiger partial charge in [-0.05, 0) is 30.7 Å². The number of hydrogen-bond donors (Lipinski definition) is 1. The number of halogens is 1. The molecule has 1 N–H and O–H groups in total. The van der Waals surface area contributed by atoms with Crippen LogP contribution < -0.4 is 10.1 Å². The molecule has 0 radical (unpaired) electrons. The number of amidine groups is 1. The molecule has 1 unspecified atom stereocenters. The van der Waals surface area contributed by atoms with Gasteiger partial charge in [-0.25, -0.2) is 26.1 Å². The predicted molar refractivity (Wildman–Crippen MR) is 136 cm³/mol. The highest BCUT2D eigenvalue weighted by molar-refractivity contribution is 7.90. The van der Waals surface area contributed by atoms with E-state index in [2.05, 4.69) is 10.3 Å². The number of para-hydroxylation sites is 1. The summed E-state index contributed by atoms with van der Waals surface area (Å²) in [6.07, 6.45) is 0.345. The second kappa shape index (κ2) is 11.1. The molecular weight excluding hydrogens is 532 g/mol. The quantitative estimate of drug-likeness (QED) is 0.349. The number of aliphatic imine (C=N–C) groups is 1. The largest absolute Gasteiger partial charge is 0.495 e. The maximum absolute atomic E-state index is 13.3. The van der Waals surface area contributed by atoms with Crippen LogP contribution in [0.2, 0.25) is 0 Å². The van der Waals surface area contributed by atoms with Crippen LogP contribution in [0.3, 0.4) is 0 Å². The summed E-state index contributed by atoms with van der Waals surface area (Å²) in [7, 11) is -2.15. The third-order valence-corrected chi connectivity index (χ3v) is 9.36. The molecule has 1 aliphatic heterocycles. The van der Waals surface area contributed by atoms with Crippen molar-refractivity contribution in [3.05, 3.63) is 42.5 Å². The van der Waals surface area contributed by atoms with Gasteiger partial charge in [-0.2, -0.15) is 0 Å². The van der Waals surface area contributed by atoms with E-state index in [0.29, 0.717) is 13.0 Å². The number of sulfonamides is 2. The highest BCUT2D eigenvalue weighted by Crippen LogP contribution is 2.34. The van der Waals surface area contributed by atoms with Crippen molar-refractivity contribution in [2.24, 2.45) is 4.99 Å². The van der Waals surface area contributed by atoms with Gasteiger partial charge < -0.3 is 14.8 Å². The first kappa shape index (κ1) is 27.9. The van der Waals surface area contributed by atoms with E-state index in [9.17, 15) is 21.6 Å². The number of anilines is 1. The zero-order chi connectivity index (χ0) is 26.7. The molecule has 0 saturated carbocycles. The van der Waals surface area contributed by atoms with Crippen LogP contribution in [0, 0.1) is 0 Å². The first-order valence-electron chi connectivity index (χ1n) is 10.7. The molecule has 0 aliphatic carbocycles. The second-order valence-electron chi connectivity index (χ2n) is 7.86. The molecule has 1 atom stereocenters. The summed E-state index contributed by atoms with van der Waals surface area (Å²) in [5, 5.41) is 1.08. The smallest absolute Gasteiger partial charge is 0.267 e. The lowest BCUT2D eigenvalue weighted by molar-refractivity contribution is -0.114. The van der Waals surface area contributed by atoms with Gasteiger partial charge in [0, 0.05) is 40.4 Å². The molecule has 0 spiro atoms. The molecule has 1 heterocycles. The monoisotopic (exact) mass is 558 g/mol. The lowest BCUT2D eigenvalue weighted by atomic mass is 10.2. The van der Waals surface area contributed by atoms with Gasteiger partial charge in [0.2, 0.25) is 15.9 Å². The Morgan fingerprint density at radius 2 is 1.89 bits per heavy atom. The first-order chi connectivity index (χ1) is 16.9. The Morgan fingerprint density at radius 1 is 1.19 bits per heavy atom. The average Bonchev–Trinajstić information content (AvgIpc) is 2.84. The van der Waals surface area contributed by atoms with Gasteiger partial charge in [0.25, 0.3) is 10.0 Å². The van der Waals surface area contributed by atoms with Gasteiger partial charge in [0.05, 0.1) is 23.4 Å². The fourth-order valence-corrected chi connectivity index (χ4v) is 6.24. The van der Waals surface area contributed by atoms with E-state index in [1.807, 2.05) is 0 Å². The van der Waals surface area contributed by atoms with Crippen LogP contribution in [0.15, 0.2) is 57.2 Å². The average molecular weight is 559 g/mol. The van der Waals surface area contributed by atoms with Crippen molar-refractivity contribution in [2.75, 3.05) is 46.8 Å². The number of carbonyl (C=O) groups excluding carboxylic acids is 1. The topological polar surface area (TPSA) is 135 Å². The Balaban J connectivity index is 1.95. The number of nitrogens with zero attached hydrogens (tertiary/aromatic N) is 3. The maximum Gasteiger partial charge on any atom is 0.267 e. The van der Waals surface area contributed by atoms with Crippen molar-refractivity contribution in [2.45, 2.75) is 21.6 Å². The molecule has 2 aromatic rings. The molecule has 11 nitrogen and oxygen atoms in total. The molecule has 196 valence electrons. The van der Waals surface area contributed by atoms with Crippen LogP contribution in [0.5, 0.6) is 5.75 Å². The summed E-state index contributed by atoms with van der Waals surface area (Å²) in [4.78, 5) is 17.5. The van der Waals surface area contributed by atoms with E-state index in [-0.39, 0.29) is 39.3 Å². The van der Waals surface area contributed by atoms with Gasteiger partial charge in [0.1, 0.15) is 16.5 Å². The number of nitrogens with one attached hydrogen (secondary N) is 1. The number of alkyl halides is 1. The van der Waals surface area contributed by atoms with E-state index in [1.165, 1.54) is 58.6 Å². The summed E-state index contributed by atoms with van der Waals surface area (Å²) in [5.41, 5.74) is 0.321. The fourth-order valence-electron chi connectivity index (χ4n) is 3.42. The van der Waals surface area contributed by atoms with Gasteiger partial charge in [-0.1, -0.05) is 12.1 Å².